The Morgan fingerprint density at radius 3 is 2.50 bits per heavy atom. The van der Waals surface area contributed by atoms with Crippen LogP contribution in [0.25, 0.3) is 0 Å². The number of aliphatic hydroxyl groups is 1. The average Bonchev–Trinajstić information content (AvgIpc) is 2.49. The lowest BCUT2D eigenvalue weighted by Gasteiger charge is -2.13. The highest BCUT2D eigenvalue weighted by Gasteiger charge is 2.19. The molecule has 1 unspecified atom stereocenters. The fraction of sp³-hybridized carbons (Fsp3) is 0.250. The van der Waals surface area contributed by atoms with Gasteiger partial charge in [-0.25, -0.2) is 13.1 Å². The third-order valence-corrected chi connectivity index (χ3v) is 5.35. The van der Waals surface area contributed by atoms with Gasteiger partial charge in [-0.1, -0.05) is 54.1 Å². The SMILES string of the molecule is Cc1cccc(S(=O)(=O)NCC(O)Cc2ccccc2)c1Cl. The molecule has 0 aliphatic heterocycles. The number of aryl methyl sites for hydroxylation is 1. The summed E-state index contributed by atoms with van der Waals surface area (Å²) >= 11 is 6.04. The van der Waals surface area contributed by atoms with E-state index in [-0.39, 0.29) is 16.5 Å². The highest BCUT2D eigenvalue weighted by Crippen LogP contribution is 2.24. The molecule has 0 fully saturated rings. The second kappa shape index (κ2) is 7.24. The molecule has 0 saturated carbocycles. The van der Waals surface area contributed by atoms with E-state index in [1.54, 1.807) is 19.1 Å². The summed E-state index contributed by atoms with van der Waals surface area (Å²) in [6.45, 7) is 1.67. The molecule has 4 nitrogen and oxygen atoms in total. The van der Waals surface area contributed by atoms with Gasteiger partial charge in [0.2, 0.25) is 10.0 Å². The smallest absolute Gasteiger partial charge is 0.242 e. The zero-order chi connectivity index (χ0) is 16.2. The molecule has 22 heavy (non-hydrogen) atoms. The molecule has 0 aromatic heterocycles. The molecular formula is C16H18ClNO3S. The molecular weight excluding hydrogens is 322 g/mol. The molecule has 2 aromatic carbocycles. The van der Waals surface area contributed by atoms with Gasteiger partial charge in [-0.05, 0) is 30.5 Å². The van der Waals surface area contributed by atoms with Gasteiger partial charge in [-0.3, -0.25) is 0 Å². The Hall–Kier alpha value is -1.40. The minimum Gasteiger partial charge on any atom is -0.391 e. The molecule has 1 atom stereocenters. The van der Waals surface area contributed by atoms with Crippen LogP contribution in [0.1, 0.15) is 11.1 Å². The van der Waals surface area contributed by atoms with E-state index < -0.39 is 16.1 Å². The van der Waals surface area contributed by atoms with Crippen molar-refractivity contribution in [1.29, 1.82) is 0 Å². The Labute approximate surface area is 135 Å². The van der Waals surface area contributed by atoms with Gasteiger partial charge in [0.25, 0.3) is 0 Å². The van der Waals surface area contributed by atoms with Crippen molar-refractivity contribution in [3.05, 3.63) is 64.7 Å². The fourth-order valence-electron chi connectivity index (χ4n) is 2.07. The quantitative estimate of drug-likeness (QED) is 0.850. The number of sulfonamides is 1. The Balaban J connectivity index is 2.02. The van der Waals surface area contributed by atoms with Crippen LogP contribution in [0.2, 0.25) is 5.02 Å². The van der Waals surface area contributed by atoms with Gasteiger partial charge in [-0.2, -0.15) is 0 Å². The maximum absolute atomic E-state index is 12.3. The molecule has 0 aliphatic carbocycles. The van der Waals surface area contributed by atoms with E-state index in [0.29, 0.717) is 12.0 Å². The third kappa shape index (κ3) is 4.30. The summed E-state index contributed by atoms with van der Waals surface area (Å²) in [6.07, 6.45) is -0.425. The lowest BCUT2D eigenvalue weighted by molar-refractivity contribution is 0.179. The molecule has 6 heteroatoms. The Kier molecular flexibility index (Phi) is 5.58. The first-order valence-corrected chi connectivity index (χ1v) is 8.73. The monoisotopic (exact) mass is 339 g/mol. The highest BCUT2D eigenvalue weighted by atomic mass is 35.5. The van der Waals surface area contributed by atoms with Crippen LogP contribution in [0, 0.1) is 6.92 Å². The van der Waals surface area contributed by atoms with Crippen LogP contribution in [-0.4, -0.2) is 26.2 Å². The molecule has 0 bridgehead atoms. The summed E-state index contributed by atoms with van der Waals surface area (Å²) < 4.78 is 26.9. The number of benzene rings is 2. The van der Waals surface area contributed by atoms with Crippen molar-refractivity contribution >= 4 is 21.6 Å². The van der Waals surface area contributed by atoms with E-state index in [1.807, 2.05) is 30.3 Å². The van der Waals surface area contributed by atoms with Crippen LogP contribution in [0.5, 0.6) is 0 Å². The van der Waals surface area contributed by atoms with E-state index in [4.69, 9.17) is 11.6 Å². The minimum atomic E-state index is -3.74. The summed E-state index contributed by atoms with van der Waals surface area (Å²) in [5.41, 5.74) is 1.64. The van der Waals surface area contributed by atoms with E-state index in [9.17, 15) is 13.5 Å². The summed E-state index contributed by atoms with van der Waals surface area (Å²) in [5, 5.41) is 10.2. The Morgan fingerprint density at radius 2 is 1.82 bits per heavy atom. The predicted molar refractivity (Wildman–Crippen MR) is 87.5 cm³/mol. The molecule has 0 aliphatic rings. The zero-order valence-corrected chi connectivity index (χ0v) is 13.7. The standard InChI is InChI=1S/C16H18ClNO3S/c1-12-6-5-9-15(16(12)17)22(20,21)18-11-14(19)10-13-7-3-2-4-8-13/h2-9,14,18-19H,10-11H2,1H3. The number of halogens is 1. The predicted octanol–water partition coefficient (Wildman–Crippen LogP) is 2.53. The lowest BCUT2D eigenvalue weighted by Crippen LogP contribution is -2.33. The Morgan fingerprint density at radius 1 is 1.14 bits per heavy atom. The molecule has 2 rings (SSSR count). The first kappa shape index (κ1) is 17.0. The van der Waals surface area contributed by atoms with E-state index in [1.165, 1.54) is 6.07 Å². The average molecular weight is 340 g/mol. The van der Waals surface area contributed by atoms with Crippen molar-refractivity contribution in [1.82, 2.24) is 4.72 Å². The van der Waals surface area contributed by atoms with E-state index in [0.717, 1.165) is 5.56 Å². The number of rotatable bonds is 6. The Bertz CT molecular complexity index is 732. The van der Waals surface area contributed by atoms with Crippen LogP contribution in [-0.2, 0) is 16.4 Å². The summed E-state index contributed by atoms with van der Waals surface area (Å²) in [7, 11) is -3.74. The molecule has 0 saturated heterocycles. The van der Waals surface area contributed by atoms with E-state index >= 15 is 0 Å². The molecule has 0 radical (unpaired) electrons. The fourth-order valence-corrected chi connectivity index (χ4v) is 3.72. The van der Waals surface area contributed by atoms with Gasteiger partial charge in [0.15, 0.2) is 0 Å². The maximum Gasteiger partial charge on any atom is 0.242 e. The molecule has 2 N–H and O–H groups in total. The highest BCUT2D eigenvalue weighted by molar-refractivity contribution is 7.89. The molecule has 2 aromatic rings. The summed E-state index contributed by atoms with van der Waals surface area (Å²) in [6, 6.07) is 14.2. The minimum absolute atomic E-state index is 0.0288. The van der Waals surface area contributed by atoms with Crippen molar-refractivity contribution in [2.45, 2.75) is 24.3 Å². The van der Waals surface area contributed by atoms with Crippen molar-refractivity contribution < 1.29 is 13.5 Å². The maximum atomic E-state index is 12.3. The third-order valence-electron chi connectivity index (χ3n) is 3.27. The van der Waals surface area contributed by atoms with Gasteiger partial charge < -0.3 is 5.11 Å². The zero-order valence-electron chi connectivity index (χ0n) is 12.2. The number of hydrogen-bond acceptors (Lipinski definition) is 3. The number of hydrogen-bond donors (Lipinski definition) is 2. The normalized spacial score (nSPS) is 13.0. The lowest BCUT2D eigenvalue weighted by atomic mass is 10.1. The van der Waals surface area contributed by atoms with Crippen LogP contribution in [0.3, 0.4) is 0 Å². The van der Waals surface area contributed by atoms with Crippen molar-refractivity contribution in [2.24, 2.45) is 0 Å². The topological polar surface area (TPSA) is 66.4 Å². The van der Waals surface area contributed by atoms with Crippen molar-refractivity contribution in [3.63, 3.8) is 0 Å². The van der Waals surface area contributed by atoms with E-state index in [2.05, 4.69) is 4.72 Å². The molecule has 0 heterocycles. The van der Waals surface area contributed by atoms with Gasteiger partial charge >= 0.3 is 0 Å². The second-order valence-electron chi connectivity index (χ2n) is 5.08. The first-order chi connectivity index (χ1) is 10.4. The van der Waals surface area contributed by atoms with Crippen LogP contribution in [0.15, 0.2) is 53.4 Å². The van der Waals surface area contributed by atoms with Gasteiger partial charge in [0, 0.05) is 6.54 Å². The van der Waals surface area contributed by atoms with Gasteiger partial charge in [0.1, 0.15) is 4.90 Å². The van der Waals surface area contributed by atoms with Gasteiger partial charge in [0.05, 0.1) is 11.1 Å². The summed E-state index contributed by atoms with van der Waals surface area (Å²) in [5.74, 6) is 0. The largest absolute Gasteiger partial charge is 0.391 e. The number of nitrogens with one attached hydrogen (secondary N) is 1. The molecule has 0 spiro atoms. The van der Waals surface area contributed by atoms with Crippen LogP contribution < -0.4 is 4.72 Å². The molecule has 118 valence electrons. The van der Waals surface area contributed by atoms with Gasteiger partial charge in [-0.15, -0.1) is 0 Å². The first-order valence-electron chi connectivity index (χ1n) is 6.87. The van der Waals surface area contributed by atoms with Crippen LogP contribution in [0.4, 0.5) is 0 Å². The van der Waals surface area contributed by atoms with Crippen molar-refractivity contribution in [2.75, 3.05) is 6.54 Å². The van der Waals surface area contributed by atoms with Crippen molar-refractivity contribution in [3.8, 4) is 0 Å². The second-order valence-corrected chi connectivity index (χ2v) is 7.20. The summed E-state index contributed by atoms with van der Waals surface area (Å²) in [4.78, 5) is 0.0288. The van der Waals surface area contributed by atoms with Crippen LogP contribution >= 0.6 is 11.6 Å². The number of aliphatic hydroxyl groups excluding tert-OH is 1. The molecule has 0 amide bonds.